The number of hydrogen-bond acceptors (Lipinski definition) is 4. The molecule has 1 fully saturated rings. The van der Waals surface area contributed by atoms with Gasteiger partial charge in [-0.1, -0.05) is 32.9 Å². The third kappa shape index (κ3) is 3.84. The maximum absolute atomic E-state index is 12.3. The third-order valence-electron chi connectivity index (χ3n) is 4.29. The number of nitrogens with one attached hydrogen (secondary N) is 1. The smallest absolute Gasteiger partial charge is 0.284 e. The molecule has 1 heterocycles. The maximum atomic E-state index is 12.3. The molecule has 23 heavy (non-hydrogen) atoms. The van der Waals surface area contributed by atoms with E-state index in [1.54, 1.807) is 6.07 Å². The Kier molecular flexibility index (Phi) is 4.28. The third-order valence-corrected chi connectivity index (χ3v) is 4.29. The summed E-state index contributed by atoms with van der Waals surface area (Å²) in [6.45, 7) is 6.92. The molecule has 1 saturated carbocycles. The van der Waals surface area contributed by atoms with Crippen LogP contribution < -0.4 is 14.9 Å². The maximum Gasteiger partial charge on any atom is 0.284 e. The molecule has 0 bridgehead atoms. The standard InChI is InChI=1S/C18H24N2O3/c1-12-8-13(10-18(2,3)9-12)19-20-17(21)16-11-22-14-6-4-5-7-15(14)23-16/h4-7,12,16H,8-11H2,1-3H3,(H,20,21)/b19-13+. The number of carbonyl (C=O) groups is 1. The van der Waals surface area contributed by atoms with E-state index in [9.17, 15) is 4.79 Å². The molecular weight excluding hydrogens is 292 g/mol. The number of fused-ring (bicyclic) bond motifs is 1. The number of rotatable bonds is 2. The molecule has 2 atom stereocenters. The summed E-state index contributed by atoms with van der Waals surface area (Å²) < 4.78 is 11.3. The van der Waals surface area contributed by atoms with Crippen LogP contribution in [0.1, 0.15) is 40.0 Å². The SMILES string of the molecule is CC1C/C(=N\NC(=O)C2COc3ccccc3O2)CC(C)(C)C1. The van der Waals surface area contributed by atoms with Gasteiger partial charge >= 0.3 is 0 Å². The highest BCUT2D eigenvalue weighted by molar-refractivity contribution is 5.88. The fourth-order valence-electron chi connectivity index (χ4n) is 3.55. The second kappa shape index (κ2) is 6.22. The van der Waals surface area contributed by atoms with Crippen molar-refractivity contribution in [3.8, 4) is 11.5 Å². The van der Waals surface area contributed by atoms with Crippen molar-refractivity contribution < 1.29 is 14.3 Å². The minimum atomic E-state index is -0.664. The van der Waals surface area contributed by atoms with Crippen molar-refractivity contribution in [1.82, 2.24) is 5.43 Å². The van der Waals surface area contributed by atoms with E-state index in [0.717, 1.165) is 18.6 Å². The predicted molar refractivity (Wildman–Crippen MR) is 88.7 cm³/mol. The van der Waals surface area contributed by atoms with Crippen LogP contribution in [-0.4, -0.2) is 24.3 Å². The molecule has 0 aromatic heterocycles. The van der Waals surface area contributed by atoms with Gasteiger partial charge < -0.3 is 9.47 Å². The molecule has 5 nitrogen and oxygen atoms in total. The Hall–Kier alpha value is -2.04. The van der Waals surface area contributed by atoms with Crippen molar-refractivity contribution in [2.45, 2.75) is 46.1 Å². The average Bonchev–Trinajstić information content (AvgIpc) is 2.50. The summed E-state index contributed by atoms with van der Waals surface area (Å²) in [5, 5.41) is 4.34. The Morgan fingerprint density at radius 1 is 1.30 bits per heavy atom. The predicted octanol–water partition coefficient (Wildman–Crippen LogP) is 3.14. The van der Waals surface area contributed by atoms with Crippen LogP contribution in [-0.2, 0) is 4.79 Å². The van der Waals surface area contributed by atoms with Gasteiger partial charge in [0.1, 0.15) is 6.61 Å². The summed E-state index contributed by atoms with van der Waals surface area (Å²) in [5.74, 6) is 1.60. The van der Waals surface area contributed by atoms with E-state index < -0.39 is 6.10 Å². The van der Waals surface area contributed by atoms with Gasteiger partial charge in [0.25, 0.3) is 5.91 Å². The van der Waals surface area contributed by atoms with Crippen LogP contribution in [0.4, 0.5) is 0 Å². The lowest BCUT2D eigenvalue weighted by Gasteiger charge is -2.34. The van der Waals surface area contributed by atoms with Gasteiger partial charge in [0.05, 0.1) is 0 Å². The zero-order valence-electron chi connectivity index (χ0n) is 14.0. The van der Waals surface area contributed by atoms with Crippen LogP contribution in [0.15, 0.2) is 29.4 Å². The van der Waals surface area contributed by atoms with E-state index in [-0.39, 0.29) is 17.9 Å². The Morgan fingerprint density at radius 2 is 2.04 bits per heavy atom. The molecule has 5 heteroatoms. The molecule has 1 aromatic carbocycles. The number of hydrazone groups is 1. The van der Waals surface area contributed by atoms with Gasteiger partial charge in [-0.2, -0.15) is 5.10 Å². The molecular formula is C18H24N2O3. The summed E-state index contributed by atoms with van der Waals surface area (Å²) in [4.78, 5) is 12.3. The number of nitrogens with zero attached hydrogens (tertiary/aromatic N) is 1. The van der Waals surface area contributed by atoms with Crippen molar-refractivity contribution in [3.05, 3.63) is 24.3 Å². The summed E-state index contributed by atoms with van der Waals surface area (Å²) in [6, 6.07) is 7.36. The number of hydrogen-bond donors (Lipinski definition) is 1. The van der Waals surface area contributed by atoms with Gasteiger partial charge in [0.2, 0.25) is 6.10 Å². The normalized spacial score (nSPS) is 27.5. The molecule has 1 amide bonds. The first-order chi connectivity index (χ1) is 10.9. The largest absolute Gasteiger partial charge is 0.485 e. The van der Waals surface area contributed by atoms with Crippen LogP contribution >= 0.6 is 0 Å². The number of ether oxygens (including phenoxy) is 2. The average molecular weight is 316 g/mol. The highest BCUT2D eigenvalue weighted by Gasteiger charge is 2.31. The molecule has 1 aliphatic carbocycles. The van der Waals surface area contributed by atoms with Crippen LogP contribution in [0.25, 0.3) is 0 Å². The lowest BCUT2D eigenvalue weighted by atomic mass is 9.72. The molecule has 0 radical (unpaired) electrons. The lowest BCUT2D eigenvalue weighted by Crippen LogP contribution is -2.43. The molecule has 1 aromatic rings. The van der Waals surface area contributed by atoms with Gasteiger partial charge in [-0.05, 0) is 42.7 Å². The molecule has 1 N–H and O–H groups in total. The van der Waals surface area contributed by atoms with Gasteiger partial charge in [0, 0.05) is 5.71 Å². The first-order valence-corrected chi connectivity index (χ1v) is 8.17. The zero-order valence-corrected chi connectivity index (χ0v) is 14.0. The Bertz CT molecular complexity index is 624. The van der Waals surface area contributed by atoms with Gasteiger partial charge in [-0.3, -0.25) is 4.79 Å². The van der Waals surface area contributed by atoms with Gasteiger partial charge in [0.15, 0.2) is 11.5 Å². The van der Waals surface area contributed by atoms with Crippen LogP contribution in [0.3, 0.4) is 0 Å². The summed E-state index contributed by atoms with van der Waals surface area (Å²) in [5.41, 5.74) is 3.95. The minimum absolute atomic E-state index is 0.204. The fourth-order valence-corrected chi connectivity index (χ4v) is 3.55. The van der Waals surface area contributed by atoms with Crippen LogP contribution in [0.2, 0.25) is 0 Å². The van der Waals surface area contributed by atoms with E-state index in [1.807, 2.05) is 18.2 Å². The van der Waals surface area contributed by atoms with E-state index >= 15 is 0 Å². The van der Waals surface area contributed by atoms with Crippen molar-refractivity contribution in [3.63, 3.8) is 0 Å². The van der Waals surface area contributed by atoms with Gasteiger partial charge in [-0.15, -0.1) is 0 Å². The molecule has 0 spiro atoms. The number of para-hydroxylation sites is 2. The van der Waals surface area contributed by atoms with E-state index in [0.29, 0.717) is 17.4 Å². The first-order valence-electron chi connectivity index (χ1n) is 8.17. The monoisotopic (exact) mass is 316 g/mol. The molecule has 3 rings (SSSR count). The second-order valence-corrected chi connectivity index (χ2v) is 7.37. The van der Waals surface area contributed by atoms with Crippen LogP contribution in [0.5, 0.6) is 11.5 Å². The number of benzene rings is 1. The van der Waals surface area contributed by atoms with E-state index in [2.05, 4.69) is 31.3 Å². The lowest BCUT2D eigenvalue weighted by molar-refractivity contribution is -0.130. The highest BCUT2D eigenvalue weighted by atomic mass is 16.6. The molecule has 124 valence electrons. The number of amides is 1. The van der Waals surface area contributed by atoms with Crippen molar-refractivity contribution in [2.24, 2.45) is 16.4 Å². The summed E-state index contributed by atoms with van der Waals surface area (Å²) >= 11 is 0. The number of carbonyl (C=O) groups excluding carboxylic acids is 1. The topological polar surface area (TPSA) is 59.9 Å². The van der Waals surface area contributed by atoms with Crippen molar-refractivity contribution >= 4 is 11.6 Å². The molecule has 2 aliphatic rings. The Labute approximate surface area is 137 Å². The minimum Gasteiger partial charge on any atom is -0.485 e. The van der Waals surface area contributed by atoms with E-state index in [1.165, 1.54) is 6.42 Å². The Morgan fingerprint density at radius 3 is 2.78 bits per heavy atom. The second-order valence-electron chi connectivity index (χ2n) is 7.37. The molecule has 2 unspecified atom stereocenters. The van der Waals surface area contributed by atoms with E-state index in [4.69, 9.17) is 9.47 Å². The summed E-state index contributed by atoms with van der Waals surface area (Å²) in [7, 11) is 0. The summed E-state index contributed by atoms with van der Waals surface area (Å²) in [6.07, 6.45) is 2.39. The Balaban J connectivity index is 1.61. The van der Waals surface area contributed by atoms with Crippen molar-refractivity contribution in [1.29, 1.82) is 0 Å². The van der Waals surface area contributed by atoms with Gasteiger partial charge in [-0.25, -0.2) is 5.43 Å². The fraction of sp³-hybridized carbons (Fsp3) is 0.556. The quantitative estimate of drug-likeness (QED) is 0.853. The molecule has 1 aliphatic heterocycles. The first kappa shape index (κ1) is 15.8. The zero-order chi connectivity index (χ0) is 16.4. The molecule has 0 saturated heterocycles. The highest BCUT2D eigenvalue weighted by Crippen LogP contribution is 2.37. The van der Waals surface area contributed by atoms with Crippen LogP contribution in [0, 0.1) is 11.3 Å². The van der Waals surface area contributed by atoms with Crippen molar-refractivity contribution in [2.75, 3.05) is 6.61 Å².